The number of thiazole rings is 1. The maximum Gasteiger partial charge on any atom is 0.210 e. The molecule has 2 heterocycles. The summed E-state index contributed by atoms with van der Waals surface area (Å²) < 4.78 is 14.9. The largest absolute Gasteiger partial charge is 0.375 e. The molecule has 1 aromatic carbocycles. The lowest BCUT2D eigenvalue weighted by Gasteiger charge is -2.10. The third-order valence-electron chi connectivity index (χ3n) is 2.92. The van der Waals surface area contributed by atoms with Crippen molar-refractivity contribution < 1.29 is 4.39 Å². The summed E-state index contributed by atoms with van der Waals surface area (Å²) in [6.07, 6.45) is 0. The first-order chi connectivity index (χ1) is 10.0. The molecule has 0 fully saturated rings. The molecule has 0 amide bonds. The molecule has 0 saturated carbocycles. The van der Waals surface area contributed by atoms with Gasteiger partial charge in [0.15, 0.2) is 10.8 Å². The molecule has 0 saturated heterocycles. The van der Waals surface area contributed by atoms with Gasteiger partial charge < -0.3 is 5.73 Å². The van der Waals surface area contributed by atoms with Gasteiger partial charge in [0, 0.05) is 17.1 Å². The van der Waals surface area contributed by atoms with Crippen LogP contribution < -0.4 is 11.2 Å². The highest BCUT2D eigenvalue weighted by Crippen LogP contribution is 2.20. The van der Waals surface area contributed by atoms with Crippen LogP contribution in [0.25, 0.3) is 17.1 Å². The topological polar surface area (TPSA) is 73.8 Å². The average Bonchev–Trinajstić information content (AvgIpc) is 2.85. The van der Waals surface area contributed by atoms with Crippen LogP contribution in [0.3, 0.4) is 0 Å². The molecule has 3 rings (SSSR count). The van der Waals surface area contributed by atoms with Gasteiger partial charge in [-0.25, -0.2) is 14.1 Å². The molecule has 0 aliphatic rings. The summed E-state index contributed by atoms with van der Waals surface area (Å²) in [4.78, 5) is 16.1. The molecular formula is C14H11FN4OS. The van der Waals surface area contributed by atoms with Gasteiger partial charge in [0.05, 0.1) is 5.69 Å². The summed E-state index contributed by atoms with van der Waals surface area (Å²) in [6.45, 7) is 1.73. The van der Waals surface area contributed by atoms with Crippen LogP contribution in [-0.2, 0) is 0 Å². The zero-order chi connectivity index (χ0) is 15.0. The summed E-state index contributed by atoms with van der Waals surface area (Å²) in [5.41, 5.74) is 7.11. The number of hydrogen-bond acceptors (Lipinski definition) is 5. The van der Waals surface area contributed by atoms with E-state index in [1.165, 1.54) is 34.2 Å². The molecule has 2 N–H and O–H groups in total. The Hall–Kier alpha value is -2.54. The van der Waals surface area contributed by atoms with Gasteiger partial charge >= 0.3 is 0 Å². The van der Waals surface area contributed by atoms with Crippen LogP contribution in [0.2, 0.25) is 0 Å². The number of hydrogen-bond donors (Lipinski definition) is 1. The molecule has 7 heteroatoms. The van der Waals surface area contributed by atoms with E-state index in [4.69, 9.17) is 5.73 Å². The van der Waals surface area contributed by atoms with Crippen LogP contribution in [0.1, 0.15) is 5.69 Å². The second-order valence-electron chi connectivity index (χ2n) is 4.46. The van der Waals surface area contributed by atoms with E-state index in [-0.39, 0.29) is 16.9 Å². The first-order valence-corrected chi connectivity index (χ1v) is 7.01. The van der Waals surface area contributed by atoms with Crippen molar-refractivity contribution in [1.82, 2.24) is 14.8 Å². The van der Waals surface area contributed by atoms with Crippen LogP contribution in [0.5, 0.6) is 0 Å². The van der Waals surface area contributed by atoms with Crippen molar-refractivity contribution in [3.05, 3.63) is 57.4 Å². The Kier molecular flexibility index (Phi) is 3.26. The van der Waals surface area contributed by atoms with E-state index in [1.807, 2.05) is 0 Å². The minimum atomic E-state index is -0.369. The van der Waals surface area contributed by atoms with Gasteiger partial charge in [-0.15, -0.1) is 11.3 Å². The maximum absolute atomic E-state index is 13.4. The number of aromatic nitrogens is 3. The third-order valence-corrected chi connectivity index (χ3v) is 3.60. The minimum Gasteiger partial charge on any atom is -0.375 e. The highest BCUT2D eigenvalue weighted by molar-refractivity contribution is 7.13. The SMILES string of the molecule is Cc1cc(=O)c(-c2csc(N)n2)nn1-c1cccc(F)c1. The van der Waals surface area contributed by atoms with Gasteiger partial charge in [0.1, 0.15) is 11.5 Å². The van der Waals surface area contributed by atoms with Gasteiger partial charge in [-0.3, -0.25) is 4.79 Å². The summed E-state index contributed by atoms with van der Waals surface area (Å²) >= 11 is 1.23. The van der Waals surface area contributed by atoms with Crippen molar-refractivity contribution >= 4 is 16.5 Å². The van der Waals surface area contributed by atoms with Gasteiger partial charge in [-0.2, -0.15) is 5.10 Å². The van der Waals surface area contributed by atoms with Crippen molar-refractivity contribution in [3.8, 4) is 17.1 Å². The Bertz CT molecular complexity index is 871. The van der Waals surface area contributed by atoms with Gasteiger partial charge in [-0.1, -0.05) is 6.07 Å². The fraction of sp³-hybridized carbons (Fsp3) is 0.0714. The lowest BCUT2D eigenvalue weighted by Crippen LogP contribution is -2.16. The smallest absolute Gasteiger partial charge is 0.210 e. The lowest BCUT2D eigenvalue weighted by atomic mass is 10.2. The monoisotopic (exact) mass is 302 g/mol. The van der Waals surface area contributed by atoms with E-state index in [9.17, 15) is 9.18 Å². The Labute approximate surface area is 123 Å². The van der Waals surface area contributed by atoms with Crippen LogP contribution in [0.15, 0.2) is 40.5 Å². The molecule has 0 spiro atoms. The first kappa shape index (κ1) is 13.4. The van der Waals surface area contributed by atoms with E-state index >= 15 is 0 Å². The lowest BCUT2D eigenvalue weighted by molar-refractivity contribution is 0.624. The molecule has 0 aliphatic heterocycles. The second-order valence-corrected chi connectivity index (χ2v) is 5.35. The summed E-state index contributed by atoms with van der Waals surface area (Å²) in [7, 11) is 0. The van der Waals surface area contributed by atoms with Crippen LogP contribution in [0, 0.1) is 12.7 Å². The summed E-state index contributed by atoms with van der Waals surface area (Å²) in [6, 6.07) is 7.45. The number of halogens is 1. The van der Waals surface area contributed by atoms with Crippen LogP contribution in [0.4, 0.5) is 9.52 Å². The average molecular weight is 302 g/mol. The molecule has 0 unspecified atom stereocenters. The Morgan fingerprint density at radius 1 is 1.33 bits per heavy atom. The predicted octanol–water partition coefficient (Wildman–Crippen LogP) is 2.39. The van der Waals surface area contributed by atoms with Crippen molar-refractivity contribution in [2.75, 3.05) is 5.73 Å². The predicted molar refractivity (Wildman–Crippen MR) is 80.0 cm³/mol. The van der Waals surface area contributed by atoms with E-state index in [2.05, 4.69) is 10.1 Å². The molecule has 0 radical (unpaired) electrons. The van der Waals surface area contributed by atoms with Gasteiger partial charge in [0.25, 0.3) is 0 Å². The number of aryl methyl sites for hydroxylation is 1. The fourth-order valence-corrected chi connectivity index (χ4v) is 2.54. The van der Waals surface area contributed by atoms with E-state index in [0.29, 0.717) is 22.2 Å². The second kappa shape index (κ2) is 5.10. The van der Waals surface area contributed by atoms with E-state index in [0.717, 1.165) is 0 Å². The number of benzene rings is 1. The standard InChI is InChI=1S/C14H11FN4OS/c1-8-5-12(20)13(11-7-21-14(16)17-11)18-19(8)10-4-2-3-9(15)6-10/h2-7H,1H3,(H2,16,17). The Balaban J connectivity index is 2.21. The third kappa shape index (κ3) is 2.55. The Morgan fingerprint density at radius 3 is 2.81 bits per heavy atom. The quantitative estimate of drug-likeness (QED) is 0.789. The van der Waals surface area contributed by atoms with E-state index in [1.54, 1.807) is 24.4 Å². The van der Waals surface area contributed by atoms with E-state index < -0.39 is 0 Å². The normalized spacial score (nSPS) is 10.8. The number of nitrogen functional groups attached to an aromatic ring is 1. The highest BCUT2D eigenvalue weighted by atomic mass is 32.1. The van der Waals surface area contributed by atoms with Crippen LogP contribution >= 0.6 is 11.3 Å². The molecule has 5 nitrogen and oxygen atoms in total. The van der Waals surface area contributed by atoms with Gasteiger partial charge in [0.2, 0.25) is 5.43 Å². The maximum atomic E-state index is 13.4. The van der Waals surface area contributed by atoms with Crippen molar-refractivity contribution in [3.63, 3.8) is 0 Å². The molecule has 106 valence electrons. The molecule has 3 aromatic rings. The highest BCUT2D eigenvalue weighted by Gasteiger charge is 2.12. The molecule has 2 aromatic heterocycles. The van der Waals surface area contributed by atoms with Crippen molar-refractivity contribution in [2.45, 2.75) is 6.92 Å². The fourth-order valence-electron chi connectivity index (χ4n) is 1.99. The summed E-state index contributed by atoms with van der Waals surface area (Å²) in [5, 5.41) is 6.33. The molecule has 0 atom stereocenters. The van der Waals surface area contributed by atoms with Crippen molar-refractivity contribution in [1.29, 1.82) is 0 Å². The zero-order valence-electron chi connectivity index (χ0n) is 11.1. The number of rotatable bonds is 2. The molecule has 0 bridgehead atoms. The number of nitrogens with two attached hydrogens (primary N) is 1. The zero-order valence-corrected chi connectivity index (χ0v) is 11.9. The Morgan fingerprint density at radius 2 is 2.14 bits per heavy atom. The number of anilines is 1. The van der Waals surface area contributed by atoms with Gasteiger partial charge in [-0.05, 0) is 25.1 Å². The number of nitrogens with zero attached hydrogens (tertiary/aromatic N) is 3. The molecule has 21 heavy (non-hydrogen) atoms. The minimum absolute atomic E-state index is 0.192. The first-order valence-electron chi connectivity index (χ1n) is 6.13. The van der Waals surface area contributed by atoms with Crippen LogP contribution in [-0.4, -0.2) is 14.8 Å². The molecular weight excluding hydrogens is 291 g/mol. The van der Waals surface area contributed by atoms with Crippen molar-refractivity contribution in [2.24, 2.45) is 0 Å². The summed E-state index contributed by atoms with van der Waals surface area (Å²) in [5.74, 6) is -0.369. The molecule has 0 aliphatic carbocycles.